The third-order valence-electron chi connectivity index (χ3n) is 4.91. The Morgan fingerprint density at radius 3 is 2.30 bits per heavy atom. The van der Waals surface area contributed by atoms with Gasteiger partial charge in [-0.05, 0) is 25.1 Å². The number of piperazine rings is 1. The summed E-state index contributed by atoms with van der Waals surface area (Å²) in [4.78, 5) is 21.3. The number of anilines is 1. The fourth-order valence-electron chi connectivity index (χ4n) is 3.38. The SMILES string of the molecule is Cc1nc(N2CCN(S(=O)(=O)c3cccc([N+](=O)[O-])c3)CC2)cc(-n2cccc2)n1. The van der Waals surface area contributed by atoms with Crippen molar-refractivity contribution >= 4 is 21.5 Å². The highest BCUT2D eigenvalue weighted by Crippen LogP contribution is 2.24. The van der Waals surface area contributed by atoms with E-state index in [2.05, 4.69) is 9.97 Å². The maximum Gasteiger partial charge on any atom is 0.270 e. The zero-order chi connectivity index (χ0) is 21.3. The van der Waals surface area contributed by atoms with Crippen molar-refractivity contribution in [1.82, 2.24) is 18.8 Å². The Morgan fingerprint density at radius 1 is 0.967 bits per heavy atom. The van der Waals surface area contributed by atoms with Gasteiger partial charge in [-0.1, -0.05) is 6.07 Å². The van der Waals surface area contributed by atoms with E-state index in [1.54, 1.807) is 0 Å². The van der Waals surface area contributed by atoms with Gasteiger partial charge in [0.1, 0.15) is 17.5 Å². The lowest BCUT2D eigenvalue weighted by Crippen LogP contribution is -2.49. The Hall–Kier alpha value is -3.31. The molecule has 1 aromatic carbocycles. The minimum absolute atomic E-state index is 0.0714. The molecular formula is C19H20N6O4S. The summed E-state index contributed by atoms with van der Waals surface area (Å²) in [6, 6.07) is 10.8. The van der Waals surface area contributed by atoms with Gasteiger partial charge >= 0.3 is 0 Å². The van der Waals surface area contributed by atoms with Crippen LogP contribution in [0.5, 0.6) is 0 Å². The molecule has 0 bridgehead atoms. The summed E-state index contributed by atoms with van der Waals surface area (Å²) < 4.78 is 29.1. The molecule has 1 aliphatic rings. The first-order valence-corrected chi connectivity index (χ1v) is 10.8. The summed E-state index contributed by atoms with van der Waals surface area (Å²) in [7, 11) is -3.81. The van der Waals surface area contributed by atoms with Crippen LogP contribution >= 0.6 is 0 Å². The van der Waals surface area contributed by atoms with Gasteiger partial charge in [0.15, 0.2) is 0 Å². The lowest BCUT2D eigenvalue weighted by atomic mass is 10.3. The van der Waals surface area contributed by atoms with Crippen LogP contribution in [0.1, 0.15) is 5.82 Å². The Labute approximate surface area is 173 Å². The number of sulfonamides is 1. The molecule has 0 spiro atoms. The molecule has 1 fully saturated rings. The van der Waals surface area contributed by atoms with Crippen molar-refractivity contribution in [3.63, 3.8) is 0 Å². The molecule has 11 heteroatoms. The van der Waals surface area contributed by atoms with Crippen molar-refractivity contribution in [3.05, 3.63) is 70.8 Å². The molecule has 0 aliphatic carbocycles. The Bertz CT molecular complexity index is 1170. The number of nitrogens with zero attached hydrogens (tertiary/aromatic N) is 6. The molecule has 0 amide bonds. The second-order valence-electron chi connectivity index (χ2n) is 6.87. The highest BCUT2D eigenvalue weighted by atomic mass is 32.2. The van der Waals surface area contributed by atoms with E-state index < -0.39 is 14.9 Å². The molecule has 0 radical (unpaired) electrons. The highest BCUT2D eigenvalue weighted by molar-refractivity contribution is 7.89. The number of non-ortho nitro benzene ring substituents is 1. The molecule has 30 heavy (non-hydrogen) atoms. The third-order valence-corrected chi connectivity index (χ3v) is 6.80. The van der Waals surface area contributed by atoms with Gasteiger partial charge in [-0.2, -0.15) is 4.31 Å². The standard InChI is InChI=1S/C19H20N6O4S/c1-15-20-18(22-7-2-3-8-22)14-19(21-15)23-9-11-24(12-10-23)30(28,29)17-6-4-5-16(13-17)25(26)27/h2-8,13-14H,9-12H2,1H3. The van der Waals surface area contributed by atoms with Crippen molar-refractivity contribution in [2.45, 2.75) is 11.8 Å². The Kier molecular flexibility index (Phi) is 5.22. The number of nitro benzene ring substituents is 1. The van der Waals surface area contributed by atoms with Gasteiger partial charge in [0, 0.05) is 56.8 Å². The maximum absolute atomic E-state index is 12.9. The van der Waals surface area contributed by atoms with E-state index in [0.717, 1.165) is 17.7 Å². The third kappa shape index (κ3) is 3.89. The fourth-order valence-corrected chi connectivity index (χ4v) is 4.84. The lowest BCUT2D eigenvalue weighted by Gasteiger charge is -2.34. The number of aryl methyl sites for hydroxylation is 1. The Balaban J connectivity index is 1.52. The predicted octanol–water partition coefficient (Wildman–Crippen LogP) is 1.99. The number of hydrogen-bond donors (Lipinski definition) is 0. The number of benzene rings is 1. The summed E-state index contributed by atoms with van der Waals surface area (Å²) in [5.41, 5.74) is -0.247. The smallest absolute Gasteiger partial charge is 0.270 e. The van der Waals surface area contributed by atoms with Crippen LogP contribution in [0.3, 0.4) is 0 Å². The topological polar surface area (TPSA) is 114 Å². The zero-order valence-corrected chi connectivity index (χ0v) is 17.1. The molecule has 3 aromatic rings. The molecule has 156 valence electrons. The van der Waals surface area contributed by atoms with E-state index in [0.29, 0.717) is 18.9 Å². The van der Waals surface area contributed by atoms with Crippen LogP contribution in [-0.4, -0.2) is 58.4 Å². The minimum Gasteiger partial charge on any atom is -0.354 e. The van der Waals surface area contributed by atoms with Crippen LogP contribution in [0, 0.1) is 17.0 Å². The average Bonchev–Trinajstić information content (AvgIpc) is 3.28. The van der Waals surface area contributed by atoms with Gasteiger partial charge in [-0.15, -0.1) is 0 Å². The van der Waals surface area contributed by atoms with Gasteiger partial charge in [0.05, 0.1) is 9.82 Å². The number of hydrogen-bond acceptors (Lipinski definition) is 7. The highest BCUT2D eigenvalue weighted by Gasteiger charge is 2.30. The van der Waals surface area contributed by atoms with Crippen molar-refractivity contribution in [1.29, 1.82) is 0 Å². The van der Waals surface area contributed by atoms with E-state index in [1.807, 2.05) is 47.0 Å². The van der Waals surface area contributed by atoms with Crippen LogP contribution in [0.15, 0.2) is 59.8 Å². The second kappa shape index (κ2) is 7.84. The zero-order valence-electron chi connectivity index (χ0n) is 16.2. The van der Waals surface area contributed by atoms with E-state index in [4.69, 9.17) is 0 Å². The first-order chi connectivity index (χ1) is 14.3. The average molecular weight is 428 g/mol. The first kappa shape index (κ1) is 20.0. The minimum atomic E-state index is -3.81. The van der Waals surface area contributed by atoms with Crippen molar-refractivity contribution in [2.24, 2.45) is 0 Å². The van der Waals surface area contributed by atoms with Gasteiger partial charge in [0.2, 0.25) is 10.0 Å². The summed E-state index contributed by atoms with van der Waals surface area (Å²) in [5, 5.41) is 11.0. The molecule has 0 saturated carbocycles. The van der Waals surface area contributed by atoms with Gasteiger partial charge < -0.3 is 9.47 Å². The van der Waals surface area contributed by atoms with Crippen LogP contribution in [0.4, 0.5) is 11.5 Å². The molecule has 0 N–H and O–H groups in total. The van der Waals surface area contributed by atoms with E-state index >= 15 is 0 Å². The van der Waals surface area contributed by atoms with Gasteiger partial charge in [-0.3, -0.25) is 10.1 Å². The molecular weight excluding hydrogens is 408 g/mol. The van der Waals surface area contributed by atoms with E-state index in [1.165, 1.54) is 22.5 Å². The van der Waals surface area contributed by atoms with Crippen LogP contribution in [-0.2, 0) is 10.0 Å². The summed E-state index contributed by atoms with van der Waals surface area (Å²) in [5.74, 6) is 2.11. The van der Waals surface area contributed by atoms with E-state index in [-0.39, 0.29) is 23.7 Å². The maximum atomic E-state index is 12.9. The molecule has 2 aromatic heterocycles. The van der Waals surface area contributed by atoms with Crippen molar-refractivity contribution in [3.8, 4) is 5.82 Å². The normalized spacial score (nSPS) is 15.3. The number of aromatic nitrogens is 3. The van der Waals surface area contributed by atoms with Gasteiger partial charge in [-0.25, -0.2) is 18.4 Å². The lowest BCUT2D eigenvalue weighted by molar-refractivity contribution is -0.385. The molecule has 0 unspecified atom stereocenters. The Morgan fingerprint density at radius 2 is 1.63 bits per heavy atom. The molecule has 1 aliphatic heterocycles. The molecule has 4 rings (SSSR count). The fraction of sp³-hybridized carbons (Fsp3) is 0.263. The number of nitro groups is 1. The molecule has 1 saturated heterocycles. The summed E-state index contributed by atoms with van der Waals surface area (Å²) in [6.07, 6.45) is 3.80. The van der Waals surface area contributed by atoms with Crippen molar-refractivity contribution < 1.29 is 13.3 Å². The summed E-state index contributed by atoms with van der Waals surface area (Å²) >= 11 is 0. The monoisotopic (exact) mass is 428 g/mol. The number of rotatable bonds is 5. The largest absolute Gasteiger partial charge is 0.354 e. The van der Waals surface area contributed by atoms with Crippen LogP contribution < -0.4 is 4.90 Å². The molecule has 3 heterocycles. The van der Waals surface area contributed by atoms with Gasteiger partial charge in [0.25, 0.3) is 5.69 Å². The molecule has 0 atom stereocenters. The van der Waals surface area contributed by atoms with Crippen molar-refractivity contribution in [2.75, 3.05) is 31.1 Å². The summed E-state index contributed by atoms with van der Waals surface area (Å²) in [6.45, 7) is 3.24. The van der Waals surface area contributed by atoms with E-state index in [9.17, 15) is 18.5 Å². The van der Waals surface area contributed by atoms with Crippen LogP contribution in [0.25, 0.3) is 5.82 Å². The predicted molar refractivity (Wildman–Crippen MR) is 110 cm³/mol. The quantitative estimate of drug-likeness (QED) is 0.451. The molecule has 10 nitrogen and oxygen atoms in total. The first-order valence-electron chi connectivity index (χ1n) is 9.33. The second-order valence-corrected chi connectivity index (χ2v) is 8.81. The van der Waals surface area contributed by atoms with Crippen LogP contribution in [0.2, 0.25) is 0 Å².